The summed E-state index contributed by atoms with van der Waals surface area (Å²) in [5.41, 5.74) is -1.29. The summed E-state index contributed by atoms with van der Waals surface area (Å²) >= 11 is 0. The molecule has 0 bridgehead atoms. The molecule has 3 N–H and O–H groups in total. The number of carbonyl (C=O) groups is 1. The Kier molecular flexibility index (Phi) is 2.79. The molecule has 9 nitrogen and oxygen atoms in total. The first-order valence-corrected chi connectivity index (χ1v) is 5.86. The van der Waals surface area contributed by atoms with E-state index in [-0.39, 0.29) is 11.4 Å². The Hall–Kier alpha value is -3.36. The van der Waals surface area contributed by atoms with Gasteiger partial charge in [-0.3, -0.25) is 0 Å². The normalized spacial score (nSPS) is 10.7. The van der Waals surface area contributed by atoms with Gasteiger partial charge in [0.2, 0.25) is 0 Å². The van der Waals surface area contributed by atoms with Crippen LogP contribution < -0.4 is 11.4 Å². The van der Waals surface area contributed by atoms with Crippen molar-refractivity contribution in [3.8, 4) is 11.5 Å². The van der Waals surface area contributed by atoms with E-state index in [0.29, 0.717) is 10.3 Å². The first-order valence-electron chi connectivity index (χ1n) is 5.86. The lowest BCUT2D eigenvalue weighted by Gasteiger charge is -2.07. The molecule has 0 unspecified atom stereocenters. The number of carboxylic acid groups (broad SMARTS) is 1. The molecular formula is C12H9N5O4. The molecular weight excluding hydrogens is 278 g/mol. The summed E-state index contributed by atoms with van der Waals surface area (Å²) in [6, 6.07) is 8.58. The molecule has 0 atom stereocenters. The van der Waals surface area contributed by atoms with Gasteiger partial charge in [-0.25, -0.2) is 29.3 Å². The molecule has 106 valence electrons. The van der Waals surface area contributed by atoms with Crippen LogP contribution >= 0.6 is 0 Å². The van der Waals surface area contributed by atoms with Gasteiger partial charge < -0.3 is 5.11 Å². The molecule has 2 aromatic heterocycles. The summed E-state index contributed by atoms with van der Waals surface area (Å²) in [4.78, 5) is 34.8. The summed E-state index contributed by atoms with van der Waals surface area (Å²) < 4.78 is 1.90. The van der Waals surface area contributed by atoms with Crippen LogP contribution in [0.25, 0.3) is 11.5 Å². The lowest BCUT2D eigenvalue weighted by molar-refractivity contribution is 0.0697. The van der Waals surface area contributed by atoms with Crippen molar-refractivity contribution in [3.63, 3.8) is 0 Å². The van der Waals surface area contributed by atoms with Crippen LogP contribution in [0, 0.1) is 0 Å². The van der Waals surface area contributed by atoms with Gasteiger partial charge >= 0.3 is 17.3 Å². The highest BCUT2D eigenvalue weighted by atomic mass is 16.4. The van der Waals surface area contributed by atoms with Gasteiger partial charge in [0.05, 0.1) is 11.9 Å². The van der Waals surface area contributed by atoms with Crippen LogP contribution in [0.2, 0.25) is 0 Å². The van der Waals surface area contributed by atoms with Crippen LogP contribution in [0.3, 0.4) is 0 Å². The van der Waals surface area contributed by atoms with E-state index in [2.05, 4.69) is 15.3 Å². The summed E-state index contributed by atoms with van der Waals surface area (Å²) in [7, 11) is 0. The fourth-order valence-electron chi connectivity index (χ4n) is 1.97. The Morgan fingerprint density at radius 3 is 2.29 bits per heavy atom. The lowest BCUT2D eigenvalue weighted by Crippen LogP contribution is -2.28. The smallest absolute Gasteiger partial charge is 0.350 e. The third-order valence-electron chi connectivity index (χ3n) is 2.87. The Labute approximate surface area is 116 Å². The van der Waals surface area contributed by atoms with Gasteiger partial charge in [-0.1, -0.05) is 18.2 Å². The standard InChI is InChI=1S/C12H9N5O4/c18-10(19)8-6-13-17(7-4-2-1-3-5-7)9(8)16-11(20)14-15-12(16)21/h1-6H,(H,14,20)(H,15,21)(H,18,19). The van der Waals surface area contributed by atoms with E-state index in [1.54, 1.807) is 30.3 Å². The first-order chi connectivity index (χ1) is 10.1. The molecule has 0 spiro atoms. The summed E-state index contributed by atoms with van der Waals surface area (Å²) in [6.45, 7) is 0. The number of nitrogens with zero attached hydrogens (tertiary/aromatic N) is 3. The number of aromatic nitrogens is 5. The predicted molar refractivity (Wildman–Crippen MR) is 71.1 cm³/mol. The molecule has 3 rings (SSSR count). The molecule has 0 aliphatic rings. The zero-order chi connectivity index (χ0) is 15.0. The molecule has 3 aromatic rings. The van der Waals surface area contributed by atoms with Gasteiger partial charge in [0.1, 0.15) is 5.56 Å². The van der Waals surface area contributed by atoms with Crippen molar-refractivity contribution in [3.05, 3.63) is 63.1 Å². The third-order valence-corrected chi connectivity index (χ3v) is 2.87. The van der Waals surface area contributed by atoms with E-state index in [0.717, 1.165) is 6.20 Å². The number of aromatic carboxylic acids is 1. The molecule has 9 heteroatoms. The zero-order valence-electron chi connectivity index (χ0n) is 10.5. The maximum atomic E-state index is 11.7. The second-order valence-electron chi connectivity index (χ2n) is 4.13. The number of H-pyrrole nitrogens is 2. The van der Waals surface area contributed by atoms with Gasteiger partial charge in [-0.05, 0) is 12.1 Å². The van der Waals surface area contributed by atoms with E-state index in [9.17, 15) is 19.5 Å². The molecule has 21 heavy (non-hydrogen) atoms. The Morgan fingerprint density at radius 1 is 1.10 bits per heavy atom. The number of hydrogen-bond acceptors (Lipinski definition) is 4. The number of rotatable bonds is 3. The highest BCUT2D eigenvalue weighted by Gasteiger charge is 2.22. The minimum atomic E-state index is -1.29. The third kappa shape index (κ3) is 1.96. The van der Waals surface area contributed by atoms with E-state index >= 15 is 0 Å². The topological polar surface area (TPSA) is 126 Å². The highest BCUT2D eigenvalue weighted by Crippen LogP contribution is 2.16. The maximum absolute atomic E-state index is 11.7. The summed E-state index contributed by atoms with van der Waals surface area (Å²) in [6.07, 6.45) is 1.09. The fraction of sp³-hybridized carbons (Fsp3) is 0. The minimum Gasteiger partial charge on any atom is -0.477 e. The lowest BCUT2D eigenvalue weighted by atomic mass is 10.3. The second-order valence-corrected chi connectivity index (χ2v) is 4.13. The van der Waals surface area contributed by atoms with Crippen molar-refractivity contribution < 1.29 is 9.90 Å². The fourth-order valence-corrected chi connectivity index (χ4v) is 1.97. The predicted octanol–water partition coefficient (Wildman–Crippen LogP) is -0.262. The van der Waals surface area contributed by atoms with E-state index in [1.165, 1.54) is 4.68 Å². The van der Waals surface area contributed by atoms with Crippen molar-refractivity contribution in [1.29, 1.82) is 0 Å². The van der Waals surface area contributed by atoms with Crippen molar-refractivity contribution in [2.75, 3.05) is 0 Å². The summed E-state index contributed by atoms with van der Waals surface area (Å²) in [5, 5.41) is 17.4. The Morgan fingerprint density at radius 2 is 1.71 bits per heavy atom. The van der Waals surface area contributed by atoms with Gasteiger partial charge in [0.25, 0.3) is 0 Å². The van der Waals surface area contributed by atoms with Crippen LogP contribution in [-0.4, -0.2) is 35.6 Å². The monoisotopic (exact) mass is 287 g/mol. The number of benzene rings is 1. The number of carboxylic acids is 1. The Balaban J connectivity index is 2.37. The number of aromatic amines is 2. The number of nitrogens with one attached hydrogen (secondary N) is 2. The van der Waals surface area contributed by atoms with Crippen LogP contribution in [0.4, 0.5) is 0 Å². The quantitative estimate of drug-likeness (QED) is 0.611. The molecule has 0 amide bonds. The largest absolute Gasteiger partial charge is 0.477 e. The Bertz CT molecular complexity index is 888. The molecule has 0 saturated heterocycles. The average Bonchev–Trinajstić information content (AvgIpc) is 3.03. The van der Waals surface area contributed by atoms with Crippen molar-refractivity contribution in [2.45, 2.75) is 0 Å². The van der Waals surface area contributed by atoms with Crippen LogP contribution in [0.1, 0.15) is 10.4 Å². The summed E-state index contributed by atoms with van der Waals surface area (Å²) in [5.74, 6) is -1.43. The van der Waals surface area contributed by atoms with E-state index in [4.69, 9.17) is 0 Å². The highest BCUT2D eigenvalue weighted by molar-refractivity contribution is 5.91. The van der Waals surface area contributed by atoms with Crippen LogP contribution in [-0.2, 0) is 0 Å². The minimum absolute atomic E-state index is 0.138. The van der Waals surface area contributed by atoms with Gasteiger partial charge in [-0.2, -0.15) is 9.67 Å². The number of hydrogen-bond donors (Lipinski definition) is 3. The van der Waals surface area contributed by atoms with Crippen molar-refractivity contribution in [2.24, 2.45) is 0 Å². The molecule has 0 radical (unpaired) electrons. The average molecular weight is 287 g/mol. The zero-order valence-corrected chi connectivity index (χ0v) is 10.5. The van der Waals surface area contributed by atoms with Crippen LogP contribution in [0.5, 0.6) is 0 Å². The molecule has 2 heterocycles. The maximum Gasteiger partial charge on any atom is 0.350 e. The van der Waals surface area contributed by atoms with Gasteiger partial charge in [0, 0.05) is 0 Å². The van der Waals surface area contributed by atoms with Crippen molar-refractivity contribution >= 4 is 5.97 Å². The molecule has 1 aromatic carbocycles. The molecule has 0 aliphatic carbocycles. The molecule has 0 saturated carbocycles. The molecule has 0 fully saturated rings. The van der Waals surface area contributed by atoms with E-state index < -0.39 is 17.3 Å². The van der Waals surface area contributed by atoms with Gasteiger partial charge in [-0.15, -0.1) is 0 Å². The van der Waals surface area contributed by atoms with Crippen molar-refractivity contribution in [1.82, 2.24) is 24.5 Å². The SMILES string of the molecule is O=C(O)c1cnn(-c2ccccc2)c1-n1c(=O)[nH][nH]c1=O. The number of para-hydroxylation sites is 1. The first kappa shape index (κ1) is 12.7. The van der Waals surface area contributed by atoms with E-state index in [1.807, 2.05) is 0 Å². The second kappa shape index (κ2) is 4.63. The van der Waals surface area contributed by atoms with Gasteiger partial charge in [0.15, 0.2) is 5.82 Å². The molecule has 0 aliphatic heterocycles. The van der Waals surface area contributed by atoms with Crippen LogP contribution in [0.15, 0.2) is 46.1 Å².